The second kappa shape index (κ2) is 8.39. The molecule has 0 radical (unpaired) electrons. The highest BCUT2D eigenvalue weighted by Gasteiger charge is 2.25. The fourth-order valence-electron chi connectivity index (χ4n) is 3.54. The van der Waals surface area contributed by atoms with Crippen molar-refractivity contribution in [2.24, 2.45) is 10.9 Å². The van der Waals surface area contributed by atoms with Crippen LogP contribution in [0.2, 0.25) is 0 Å². The monoisotopic (exact) mass is 380 g/mol. The minimum absolute atomic E-state index is 0.613. The minimum atomic E-state index is 0.613. The molecule has 0 amide bonds. The molecule has 140 valence electrons. The van der Waals surface area contributed by atoms with Gasteiger partial charge in [0.1, 0.15) is 6.26 Å². The van der Waals surface area contributed by atoms with Crippen molar-refractivity contribution < 1.29 is 4.42 Å². The Kier molecular flexibility index (Phi) is 5.53. The smallest absolute Gasteiger partial charge is 0.236 e. The van der Waals surface area contributed by atoms with Gasteiger partial charge in [0.05, 0.1) is 17.1 Å². The van der Waals surface area contributed by atoms with Gasteiger partial charge >= 0.3 is 0 Å². The van der Waals surface area contributed by atoms with E-state index in [0.29, 0.717) is 18.4 Å². The average molecular weight is 381 g/mol. The van der Waals surface area contributed by atoms with E-state index in [1.54, 1.807) is 17.6 Å². The summed E-state index contributed by atoms with van der Waals surface area (Å²) in [7, 11) is 1.84. The maximum absolute atomic E-state index is 5.59. The lowest BCUT2D eigenvalue weighted by Crippen LogP contribution is -2.39. The van der Waals surface area contributed by atoms with E-state index in [-0.39, 0.29) is 0 Å². The number of oxazole rings is 1. The van der Waals surface area contributed by atoms with Gasteiger partial charge in [-0.25, -0.2) is 4.98 Å². The Bertz CT molecular complexity index is 873. The third-order valence-electron chi connectivity index (χ3n) is 4.88. The van der Waals surface area contributed by atoms with Gasteiger partial charge in [-0.3, -0.25) is 4.99 Å². The van der Waals surface area contributed by atoms with Crippen LogP contribution in [0.4, 0.5) is 0 Å². The molecule has 1 unspecified atom stereocenters. The van der Waals surface area contributed by atoms with Crippen molar-refractivity contribution in [1.29, 1.82) is 0 Å². The first-order valence-corrected chi connectivity index (χ1v) is 10.2. The second-order valence-electron chi connectivity index (χ2n) is 6.81. The fraction of sp³-hybridized carbons (Fsp3) is 0.333. The zero-order chi connectivity index (χ0) is 18.5. The summed E-state index contributed by atoms with van der Waals surface area (Å²) in [5, 5.41) is 5.45. The number of likely N-dealkylation sites (tertiary alicyclic amines) is 1. The number of hydrogen-bond acceptors (Lipinski definition) is 4. The van der Waals surface area contributed by atoms with Crippen LogP contribution in [0.1, 0.15) is 17.7 Å². The number of nitrogens with zero attached hydrogens (tertiary/aromatic N) is 3. The number of rotatable bonds is 5. The van der Waals surface area contributed by atoms with Gasteiger partial charge in [-0.1, -0.05) is 36.4 Å². The van der Waals surface area contributed by atoms with Gasteiger partial charge in [-0.15, -0.1) is 11.3 Å². The maximum Gasteiger partial charge on any atom is 0.236 e. The van der Waals surface area contributed by atoms with Crippen LogP contribution in [-0.2, 0) is 13.0 Å². The third kappa shape index (κ3) is 4.39. The quantitative estimate of drug-likeness (QED) is 0.536. The van der Waals surface area contributed by atoms with Crippen LogP contribution in [-0.4, -0.2) is 36.0 Å². The first kappa shape index (κ1) is 17.8. The van der Waals surface area contributed by atoms with Crippen molar-refractivity contribution >= 4 is 17.3 Å². The van der Waals surface area contributed by atoms with Gasteiger partial charge in [0.15, 0.2) is 5.96 Å². The maximum atomic E-state index is 5.59. The van der Waals surface area contributed by atoms with E-state index < -0.39 is 0 Å². The second-order valence-corrected chi connectivity index (χ2v) is 7.76. The molecule has 1 aliphatic rings. The normalized spacial score (nSPS) is 17.4. The van der Waals surface area contributed by atoms with E-state index in [1.165, 1.54) is 12.0 Å². The van der Waals surface area contributed by atoms with Gasteiger partial charge in [0.2, 0.25) is 5.89 Å². The molecule has 1 atom stereocenters. The summed E-state index contributed by atoms with van der Waals surface area (Å²) < 4.78 is 5.59. The van der Waals surface area contributed by atoms with Crippen LogP contribution in [0, 0.1) is 5.92 Å². The molecule has 0 aliphatic carbocycles. The lowest BCUT2D eigenvalue weighted by molar-refractivity contribution is 0.459. The van der Waals surface area contributed by atoms with Gasteiger partial charge in [0.25, 0.3) is 0 Å². The van der Waals surface area contributed by atoms with E-state index in [9.17, 15) is 0 Å². The number of benzene rings is 1. The zero-order valence-corrected chi connectivity index (χ0v) is 16.3. The predicted octanol–water partition coefficient (Wildman–Crippen LogP) is 4.04. The van der Waals surface area contributed by atoms with Crippen molar-refractivity contribution in [3.63, 3.8) is 0 Å². The van der Waals surface area contributed by atoms with E-state index in [2.05, 4.69) is 50.5 Å². The molecule has 5 nitrogen and oxygen atoms in total. The van der Waals surface area contributed by atoms with Crippen LogP contribution < -0.4 is 5.32 Å². The first-order chi connectivity index (χ1) is 13.3. The van der Waals surface area contributed by atoms with Crippen molar-refractivity contribution in [2.45, 2.75) is 19.4 Å². The molecule has 1 aromatic carbocycles. The van der Waals surface area contributed by atoms with Gasteiger partial charge in [-0.05, 0) is 35.8 Å². The largest absolute Gasteiger partial charge is 0.443 e. The Morgan fingerprint density at radius 2 is 2.19 bits per heavy atom. The Labute approximate surface area is 163 Å². The van der Waals surface area contributed by atoms with Crippen LogP contribution in [0.15, 0.2) is 63.5 Å². The summed E-state index contributed by atoms with van der Waals surface area (Å²) >= 11 is 1.63. The lowest BCUT2D eigenvalue weighted by atomic mass is 9.99. The molecule has 1 fully saturated rings. The minimum Gasteiger partial charge on any atom is -0.443 e. The number of hydrogen-bond donors (Lipinski definition) is 1. The van der Waals surface area contributed by atoms with Gasteiger partial charge < -0.3 is 14.6 Å². The van der Waals surface area contributed by atoms with Crippen molar-refractivity contribution in [2.75, 3.05) is 20.1 Å². The van der Waals surface area contributed by atoms with Crippen molar-refractivity contribution in [3.05, 3.63) is 65.4 Å². The molecule has 6 heteroatoms. The summed E-state index contributed by atoms with van der Waals surface area (Å²) in [6.07, 6.45) is 4.04. The van der Waals surface area contributed by atoms with E-state index in [0.717, 1.165) is 36.0 Å². The van der Waals surface area contributed by atoms with Crippen molar-refractivity contribution in [3.8, 4) is 10.8 Å². The van der Waals surface area contributed by atoms with E-state index >= 15 is 0 Å². The topological polar surface area (TPSA) is 53.7 Å². The average Bonchev–Trinajstić information content (AvgIpc) is 3.45. The molecule has 3 aromatic rings. The summed E-state index contributed by atoms with van der Waals surface area (Å²) in [6.45, 7) is 2.69. The van der Waals surface area contributed by atoms with Gasteiger partial charge in [0, 0.05) is 20.1 Å². The van der Waals surface area contributed by atoms with E-state index in [1.807, 2.05) is 24.6 Å². The number of guanidine groups is 1. The first-order valence-electron chi connectivity index (χ1n) is 9.29. The third-order valence-corrected chi connectivity index (χ3v) is 5.73. The number of thiophene rings is 1. The van der Waals surface area contributed by atoms with Gasteiger partial charge in [-0.2, -0.15) is 0 Å². The standard InChI is InChI=1S/C21H24N4OS/c1-22-21(23-13-18-15-26-20(24-18)19-8-5-11-27-19)25-10-9-17(14-25)12-16-6-3-2-4-7-16/h2-8,11,15,17H,9-10,12-14H2,1H3,(H,22,23). The van der Waals surface area contributed by atoms with Crippen LogP contribution >= 0.6 is 11.3 Å². The SMILES string of the molecule is CN=C(NCc1coc(-c2cccs2)n1)N1CCC(Cc2ccccc2)C1. The Balaban J connectivity index is 1.31. The molecular weight excluding hydrogens is 356 g/mol. The van der Waals surface area contributed by atoms with Crippen LogP contribution in [0.3, 0.4) is 0 Å². The summed E-state index contributed by atoms with van der Waals surface area (Å²) in [5.41, 5.74) is 2.30. The molecule has 0 saturated carbocycles. The number of nitrogens with one attached hydrogen (secondary N) is 1. The van der Waals surface area contributed by atoms with Crippen molar-refractivity contribution in [1.82, 2.24) is 15.2 Å². The highest BCUT2D eigenvalue weighted by molar-refractivity contribution is 7.13. The molecule has 27 heavy (non-hydrogen) atoms. The molecule has 1 aliphatic heterocycles. The molecule has 0 bridgehead atoms. The van der Waals surface area contributed by atoms with Crippen LogP contribution in [0.5, 0.6) is 0 Å². The molecule has 0 spiro atoms. The fourth-order valence-corrected chi connectivity index (χ4v) is 4.20. The van der Waals surface area contributed by atoms with E-state index in [4.69, 9.17) is 4.42 Å². The number of aromatic nitrogens is 1. The van der Waals surface area contributed by atoms with Crippen LogP contribution in [0.25, 0.3) is 10.8 Å². The molecule has 2 aromatic heterocycles. The summed E-state index contributed by atoms with van der Waals surface area (Å²) in [6, 6.07) is 14.8. The summed E-state index contributed by atoms with van der Waals surface area (Å²) in [4.78, 5) is 12.4. The molecule has 3 heterocycles. The number of aliphatic imine (C=N–C) groups is 1. The Morgan fingerprint density at radius 3 is 2.96 bits per heavy atom. The predicted molar refractivity (Wildman–Crippen MR) is 110 cm³/mol. The Hall–Kier alpha value is -2.60. The molecule has 1 N–H and O–H groups in total. The zero-order valence-electron chi connectivity index (χ0n) is 15.5. The highest BCUT2D eigenvalue weighted by atomic mass is 32.1. The highest BCUT2D eigenvalue weighted by Crippen LogP contribution is 2.24. The molecule has 1 saturated heterocycles. The molecule has 4 rings (SSSR count). The lowest BCUT2D eigenvalue weighted by Gasteiger charge is -2.21. The summed E-state index contributed by atoms with van der Waals surface area (Å²) in [5.74, 6) is 2.29. The Morgan fingerprint density at radius 1 is 1.30 bits per heavy atom. The molecular formula is C21H24N4OS.